The molecular formula is C35H26N6+2. The lowest BCUT2D eigenvalue weighted by Gasteiger charge is -2.56. The Labute approximate surface area is 236 Å². The average Bonchev–Trinajstić information content (AvgIpc) is 3.74. The van der Waals surface area contributed by atoms with Gasteiger partial charge < -0.3 is 10.6 Å². The van der Waals surface area contributed by atoms with E-state index >= 15 is 0 Å². The van der Waals surface area contributed by atoms with E-state index in [1.807, 2.05) is 0 Å². The molecule has 4 unspecified atom stereocenters. The fourth-order valence-electron chi connectivity index (χ4n) is 10.2. The summed E-state index contributed by atoms with van der Waals surface area (Å²) < 4.78 is 5.55. The number of hydrogen-bond acceptors (Lipinski definition) is 4. The normalized spacial score (nSPS) is 34.0. The van der Waals surface area contributed by atoms with E-state index in [1.54, 1.807) is 0 Å². The third-order valence-electron chi connectivity index (χ3n) is 11.3. The van der Waals surface area contributed by atoms with E-state index in [0.717, 1.165) is 0 Å². The quantitative estimate of drug-likeness (QED) is 0.263. The molecule has 194 valence electrons. The summed E-state index contributed by atoms with van der Waals surface area (Å²) in [6.45, 7) is 0. The van der Waals surface area contributed by atoms with E-state index in [9.17, 15) is 0 Å². The summed E-state index contributed by atoms with van der Waals surface area (Å²) in [5, 5.41) is 19.3. The second kappa shape index (κ2) is 6.23. The number of amidine groups is 2. The molecule has 6 heteroatoms. The first-order chi connectivity index (χ1) is 20.4. The van der Waals surface area contributed by atoms with Crippen LogP contribution in [0, 0.1) is 11.8 Å². The summed E-state index contributed by atoms with van der Waals surface area (Å²) in [5.41, 5.74) is 10.6. The summed E-state index contributed by atoms with van der Waals surface area (Å²) in [6.07, 6.45) is 0.110. The Balaban J connectivity index is 1.31. The predicted molar refractivity (Wildman–Crippen MR) is 154 cm³/mol. The first-order valence-electron chi connectivity index (χ1n) is 14.9. The molecule has 8 aliphatic rings. The molecule has 0 saturated carbocycles. The summed E-state index contributed by atoms with van der Waals surface area (Å²) >= 11 is 0. The van der Waals surface area contributed by atoms with Gasteiger partial charge in [0.1, 0.15) is 23.9 Å². The molecule has 2 saturated heterocycles. The molecule has 4 aromatic rings. The number of hydrogen-bond donors (Lipinski definition) is 4. The van der Waals surface area contributed by atoms with Crippen molar-refractivity contribution < 1.29 is 9.15 Å². The molecule has 4 N–H and O–H groups in total. The third-order valence-corrected chi connectivity index (χ3v) is 11.3. The van der Waals surface area contributed by atoms with Crippen molar-refractivity contribution >= 4 is 23.1 Å². The Morgan fingerprint density at radius 3 is 1.44 bits per heavy atom. The SMILES string of the molecule is c1ccc2c(c1)C1=[N+]3C2NC2=c4ccccc4=C4NC5c6ccccc6C6=[N+]5C3(C24)C2C(N1)c1ccccc1C2N6. The second-order valence-corrected chi connectivity index (χ2v) is 12.7. The number of rotatable bonds is 0. The van der Waals surface area contributed by atoms with Crippen LogP contribution in [0.4, 0.5) is 0 Å². The van der Waals surface area contributed by atoms with Crippen molar-refractivity contribution in [1.29, 1.82) is 0 Å². The summed E-state index contributed by atoms with van der Waals surface area (Å²) in [4.78, 5) is 0. The number of benzene rings is 4. The highest BCUT2D eigenvalue weighted by Crippen LogP contribution is 2.65. The molecule has 1 spiro atoms. The van der Waals surface area contributed by atoms with E-state index in [-0.39, 0.29) is 41.9 Å². The Hall–Kier alpha value is -4.84. The van der Waals surface area contributed by atoms with Crippen molar-refractivity contribution in [3.8, 4) is 0 Å². The predicted octanol–water partition coefficient (Wildman–Crippen LogP) is 2.00. The van der Waals surface area contributed by atoms with Gasteiger partial charge in [-0.3, -0.25) is 10.6 Å². The smallest absolute Gasteiger partial charge is 0.283 e. The first kappa shape index (κ1) is 20.1. The minimum absolute atomic E-state index is 0.0551. The lowest BCUT2D eigenvalue weighted by Crippen LogP contribution is -2.79. The lowest BCUT2D eigenvalue weighted by atomic mass is 9.68. The van der Waals surface area contributed by atoms with Crippen LogP contribution in [-0.2, 0) is 0 Å². The zero-order valence-electron chi connectivity index (χ0n) is 22.1. The minimum Gasteiger partial charge on any atom is -0.345 e. The highest BCUT2D eigenvalue weighted by atomic mass is 15.5. The van der Waals surface area contributed by atoms with E-state index in [0.29, 0.717) is 0 Å². The van der Waals surface area contributed by atoms with Crippen LogP contribution in [0.5, 0.6) is 0 Å². The number of nitrogens with one attached hydrogen (secondary N) is 4. The Kier molecular flexibility index (Phi) is 3.05. The maximum atomic E-state index is 4.16. The number of nitrogens with zero attached hydrogens (tertiary/aromatic N) is 2. The molecule has 0 radical (unpaired) electrons. The van der Waals surface area contributed by atoms with Crippen LogP contribution in [0.25, 0.3) is 11.4 Å². The molecule has 6 aliphatic heterocycles. The standard InChI is InChI=1S/C35H24N6/c1-2-10-18-17(9-1)27-25-28(18)37-32-23-15-7-8-16-24(23)34-39-30-20-12-4-3-11-19(20)29-26(30)35(25,41(32)34)40-31(36-27)21-13-5-6-14-22(21)33(40)38-29/h1-16,25-28,33-34,38-39H/p+2. The highest BCUT2D eigenvalue weighted by Gasteiger charge is 2.81. The molecule has 0 amide bonds. The molecule has 2 fully saturated rings. The fraction of sp³-hybridized carbons (Fsp3) is 0.200. The van der Waals surface area contributed by atoms with Gasteiger partial charge in [-0.05, 0) is 12.1 Å². The van der Waals surface area contributed by atoms with Gasteiger partial charge in [-0.2, -0.15) is 9.15 Å². The van der Waals surface area contributed by atoms with Gasteiger partial charge in [0.05, 0.1) is 11.1 Å². The van der Waals surface area contributed by atoms with Gasteiger partial charge in [0.15, 0.2) is 12.3 Å². The van der Waals surface area contributed by atoms with Gasteiger partial charge in [-0.25, -0.2) is 0 Å². The maximum Gasteiger partial charge on any atom is 0.283 e. The van der Waals surface area contributed by atoms with Crippen LogP contribution in [0.15, 0.2) is 97.1 Å². The molecule has 6 nitrogen and oxygen atoms in total. The minimum atomic E-state index is -0.316. The Bertz CT molecular complexity index is 2030. The molecule has 6 heterocycles. The van der Waals surface area contributed by atoms with Gasteiger partial charge in [0.25, 0.3) is 17.3 Å². The van der Waals surface area contributed by atoms with E-state index in [1.165, 1.54) is 66.9 Å². The van der Waals surface area contributed by atoms with Crippen LogP contribution < -0.4 is 31.7 Å². The van der Waals surface area contributed by atoms with Crippen molar-refractivity contribution in [2.45, 2.75) is 30.1 Å². The molecule has 12 rings (SSSR count). The van der Waals surface area contributed by atoms with Gasteiger partial charge >= 0.3 is 0 Å². The van der Waals surface area contributed by atoms with E-state index < -0.39 is 0 Å². The summed E-state index contributed by atoms with van der Waals surface area (Å²) in [7, 11) is 0. The zero-order valence-corrected chi connectivity index (χ0v) is 22.1. The monoisotopic (exact) mass is 530 g/mol. The Morgan fingerprint density at radius 2 is 0.927 bits per heavy atom. The van der Waals surface area contributed by atoms with Gasteiger partial charge in [0, 0.05) is 44.1 Å². The number of fused-ring (bicyclic) bond motifs is 10. The third kappa shape index (κ3) is 1.89. The van der Waals surface area contributed by atoms with Gasteiger partial charge in [-0.1, -0.05) is 84.9 Å². The Morgan fingerprint density at radius 1 is 0.488 bits per heavy atom. The van der Waals surface area contributed by atoms with Crippen molar-refractivity contribution in [3.05, 3.63) is 141 Å². The molecule has 0 bridgehead atoms. The molecule has 2 aliphatic carbocycles. The van der Waals surface area contributed by atoms with E-state index in [4.69, 9.17) is 0 Å². The van der Waals surface area contributed by atoms with Crippen LogP contribution in [0.1, 0.15) is 57.8 Å². The van der Waals surface area contributed by atoms with Crippen molar-refractivity contribution in [2.24, 2.45) is 11.8 Å². The molecule has 4 atom stereocenters. The molecular weight excluding hydrogens is 504 g/mol. The van der Waals surface area contributed by atoms with Crippen LogP contribution in [0.3, 0.4) is 0 Å². The van der Waals surface area contributed by atoms with Gasteiger partial charge in [0.2, 0.25) is 0 Å². The zero-order chi connectivity index (χ0) is 26.2. The average molecular weight is 531 g/mol. The van der Waals surface area contributed by atoms with Crippen molar-refractivity contribution in [2.75, 3.05) is 0 Å². The van der Waals surface area contributed by atoms with Crippen LogP contribution in [-0.4, -0.2) is 26.5 Å². The largest absolute Gasteiger partial charge is 0.345 e. The van der Waals surface area contributed by atoms with Crippen molar-refractivity contribution in [1.82, 2.24) is 21.3 Å². The summed E-state index contributed by atoms with van der Waals surface area (Å²) in [6, 6.07) is 36.7. The molecule has 0 aromatic heterocycles. The lowest BCUT2D eigenvalue weighted by molar-refractivity contribution is -0.887. The summed E-state index contributed by atoms with van der Waals surface area (Å²) in [5.74, 6) is 2.98. The topological polar surface area (TPSA) is 54.1 Å². The maximum absolute atomic E-state index is 4.16. The van der Waals surface area contributed by atoms with E-state index in [2.05, 4.69) is 127 Å². The van der Waals surface area contributed by atoms with Crippen molar-refractivity contribution in [3.63, 3.8) is 0 Å². The van der Waals surface area contributed by atoms with Crippen LogP contribution in [0.2, 0.25) is 0 Å². The fourth-order valence-corrected chi connectivity index (χ4v) is 10.2. The van der Waals surface area contributed by atoms with Gasteiger partial charge in [-0.15, -0.1) is 0 Å². The molecule has 41 heavy (non-hydrogen) atoms. The molecule has 4 aromatic carbocycles. The van der Waals surface area contributed by atoms with Crippen LogP contribution >= 0.6 is 0 Å². The highest BCUT2D eigenvalue weighted by molar-refractivity contribution is 6.02. The second-order valence-electron chi connectivity index (χ2n) is 12.7. The first-order valence-corrected chi connectivity index (χ1v) is 14.9.